The predicted molar refractivity (Wildman–Crippen MR) is 71.9 cm³/mol. The molecule has 19 heavy (non-hydrogen) atoms. The van der Waals surface area contributed by atoms with E-state index in [1.54, 1.807) is 6.07 Å². The summed E-state index contributed by atoms with van der Waals surface area (Å²) in [5.41, 5.74) is 7.64. The number of aromatic nitrogens is 2. The molecular formula is C13H12ClN3O2. The van der Waals surface area contributed by atoms with Gasteiger partial charge in [0, 0.05) is 24.5 Å². The third-order valence-corrected chi connectivity index (χ3v) is 2.63. The number of benzene rings is 1. The van der Waals surface area contributed by atoms with Crippen LogP contribution in [0.3, 0.4) is 0 Å². The number of carbonyl (C=O) groups excluding carboxylic acids is 1. The Balaban J connectivity index is 1.86. The van der Waals surface area contributed by atoms with E-state index in [0.717, 1.165) is 5.56 Å². The van der Waals surface area contributed by atoms with Crippen molar-refractivity contribution >= 4 is 23.3 Å². The zero-order valence-corrected chi connectivity index (χ0v) is 10.8. The average molecular weight is 278 g/mol. The Hall–Kier alpha value is -2.14. The smallest absolute Gasteiger partial charge is 0.341 e. The normalized spacial score (nSPS) is 10.2. The Labute approximate surface area is 115 Å². The Morgan fingerprint density at radius 2 is 2.05 bits per heavy atom. The second-order valence-corrected chi connectivity index (χ2v) is 4.21. The molecule has 0 bridgehead atoms. The highest BCUT2D eigenvalue weighted by atomic mass is 35.5. The SMILES string of the molecule is Nc1cccc(CCOC(=O)c2cnc(Cl)nc2)c1. The van der Waals surface area contributed by atoms with E-state index >= 15 is 0 Å². The van der Waals surface area contributed by atoms with Gasteiger partial charge in [-0.05, 0) is 29.3 Å². The summed E-state index contributed by atoms with van der Waals surface area (Å²) in [5.74, 6) is -0.472. The first-order chi connectivity index (χ1) is 9.15. The molecule has 1 aromatic heterocycles. The topological polar surface area (TPSA) is 78.1 Å². The number of nitrogen functional groups attached to an aromatic ring is 1. The summed E-state index contributed by atoms with van der Waals surface area (Å²) in [7, 11) is 0. The van der Waals surface area contributed by atoms with Crippen molar-refractivity contribution in [3.05, 3.63) is 53.1 Å². The summed E-state index contributed by atoms with van der Waals surface area (Å²) in [6, 6.07) is 7.44. The molecule has 2 aromatic rings. The molecule has 1 heterocycles. The third-order valence-electron chi connectivity index (χ3n) is 2.43. The molecule has 0 saturated heterocycles. The van der Waals surface area contributed by atoms with Crippen LogP contribution < -0.4 is 5.73 Å². The second kappa shape index (κ2) is 6.15. The monoisotopic (exact) mass is 277 g/mol. The van der Waals surface area contributed by atoms with E-state index < -0.39 is 5.97 Å². The molecule has 0 radical (unpaired) electrons. The lowest BCUT2D eigenvalue weighted by Crippen LogP contribution is -2.09. The fourth-order valence-electron chi connectivity index (χ4n) is 1.51. The number of anilines is 1. The maximum absolute atomic E-state index is 11.6. The maximum atomic E-state index is 11.6. The third kappa shape index (κ3) is 3.93. The Morgan fingerprint density at radius 1 is 1.32 bits per heavy atom. The quantitative estimate of drug-likeness (QED) is 0.526. The van der Waals surface area contributed by atoms with Gasteiger partial charge in [0.1, 0.15) is 0 Å². The number of hydrogen-bond acceptors (Lipinski definition) is 5. The van der Waals surface area contributed by atoms with Crippen molar-refractivity contribution in [3.63, 3.8) is 0 Å². The van der Waals surface area contributed by atoms with Crippen LogP contribution in [-0.2, 0) is 11.2 Å². The summed E-state index contributed by atoms with van der Waals surface area (Å²) in [6.45, 7) is 0.269. The van der Waals surface area contributed by atoms with Gasteiger partial charge < -0.3 is 10.5 Å². The average Bonchev–Trinajstić information content (AvgIpc) is 2.39. The predicted octanol–water partition coefficient (Wildman–Crippen LogP) is 2.11. The van der Waals surface area contributed by atoms with E-state index in [2.05, 4.69) is 9.97 Å². The number of hydrogen-bond donors (Lipinski definition) is 1. The molecule has 0 aliphatic rings. The Morgan fingerprint density at radius 3 is 2.74 bits per heavy atom. The van der Waals surface area contributed by atoms with Crippen molar-refractivity contribution < 1.29 is 9.53 Å². The van der Waals surface area contributed by atoms with Crippen molar-refractivity contribution in [1.29, 1.82) is 0 Å². The minimum Gasteiger partial charge on any atom is -0.462 e. The number of halogens is 1. The van der Waals surface area contributed by atoms with Gasteiger partial charge in [-0.25, -0.2) is 14.8 Å². The molecule has 1 aromatic carbocycles. The molecule has 98 valence electrons. The van der Waals surface area contributed by atoms with Crippen LogP contribution in [0.2, 0.25) is 5.28 Å². The van der Waals surface area contributed by atoms with E-state index in [0.29, 0.717) is 12.1 Å². The Kier molecular flexibility index (Phi) is 4.30. The van der Waals surface area contributed by atoms with Crippen LogP contribution in [0.4, 0.5) is 5.69 Å². The minimum absolute atomic E-state index is 0.0938. The second-order valence-electron chi connectivity index (χ2n) is 3.87. The molecule has 0 amide bonds. The van der Waals surface area contributed by atoms with E-state index in [-0.39, 0.29) is 17.5 Å². The molecule has 0 aliphatic carbocycles. The van der Waals surface area contributed by atoms with Crippen molar-refractivity contribution in [1.82, 2.24) is 9.97 Å². The van der Waals surface area contributed by atoms with Gasteiger partial charge in [-0.2, -0.15) is 0 Å². The van der Waals surface area contributed by atoms with E-state index in [1.165, 1.54) is 12.4 Å². The molecule has 0 spiro atoms. The molecule has 6 heteroatoms. The van der Waals surface area contributed by atoms with Crippen LogP contribution in [0, 0.1) is 0 Å². The van der Waals surface area contributed by atoms with Gasteiger partial charge in [-0.15, -0.1) is 0 Å². The van der Waals surface area contributed by atoms with Gasteiger partial charge in [0.05, 0.1) is 12.2 Å². The Bertz CT molecular complexity index is 572. The van der Waals surface area contributed by atoms with Crippen molar-refractivity contribution in [2.24, 2.45) is 0 Å². The summed E-state index contributed by atoms with van der Waals surface area (Å²) in [4.78, 5) is 19.1. The highest BCUT2D eigenvalue weighted by molar-refractivity contribution is 6.28. The molecule has 0 atom stereocenters. The number of rotatable bonds is 4. The zero-order chi connectivity index (χ0) is 13.7. The number of nitrogens with zero attached hydrogens (tertiary/aromatic N) is 2. The lowest BCUT2D eigenvalue weighted by Gasteiger charge is -2.05. The molecule has 0 aliphatic heterocycles. The molecule has 0 unspecified atom stereocenters. The molecular weight excluding hydrogens is 266 g/mol. The van der Waals surface area contributed by atoms with Gasteiger partial charge in [0.25, 0.3) is 0 Å². The highest BCUT2D eigenvalue weighted by Crippen LogP contribution is 2.08. The molecule has 2 rings (SSSR count). The van der Waals surface area contributed by atoms with Crippen molar-refractivity contribution in [2.75, 3.05) is 12.3 Å². The lowest BCUT2D eigenvalue weighted by molar-refractivity contribution is 0.0508. The fraction of sp³-hybridized carbons (Fsp3) is 0.154. The van der Waals surface area contributed by atoms with Gasteiger partial charge in [0.15, 0.2) is 0 Å². The number of ether oxygens (including phenoxy) is 1. The van der Waals surface area contributed by atoms with Gasteiger partial charge >= 0.3 is 5.97 Å². The summed E-state index contributed by atoms with van der Waals surface area (Å²) >= 11 is 5.53. The first-order valence-electron chi connectivity index (χ1n) is 5.64. The van der Waals surface area contributed by atoms with Crippen LogP contribution in [0.1, 0.15) is 15.9 Å². The zero-order valence-electron chi connectivity index (χ0n) is 10.0. The molecule has 2 N–H and O–H groups in total. The van der Waals surface area contributed by atoms with E-state index in [4.69, 9.17) is 22.1 Å². The fourth-order valence-corrected chi connectivity index (χ4v) is 1.61. The van der Waals surface area contributed by atoms with E-state index in [1.807, 2.05) is 18.2 Å². The summed E-state index contributed by atoms with van der Waals surface area (Å²) in [6.07, 6.45) is 3.27. The maximum Gasteiger partial charge on any atom is 0.341 e. The number of carbonyl (C=O) groups is 1. The van der Waals surface area contributed by atoms with Gasteiger partial charge in [-0.1, -0.05) is 12.1 Å². The standard InChI is InChI=1S/C13H12ClN3O2/c14-13-16-7-10(8-17-13)12(18)19-5-4-9-2-1-3-11(15)6-9/h1-3,6-8H,4-5,15H2. The largest absolute Gasteiger partial charge is 0.462 e. The first kappa shape index (κ1) is 13.3. The summed E-state index contributed by atoms with van der Waals surface area (Å²) in [5, 5.41) is 0.0938. The first-order valence-corrected chi connectivity index (χ1v) is 6.02. The highest BCUT2D eigenvalue weighted by Gasteiger charge is 2.08. The van der Waals surface area contributed by atoms with E-state index in [9.17, 15) is 4.79 Å². The molecule has 0 fully saturated rings. The molecule has 5 nitrogen and oxygen atoms in total. The van der Waals surface area contributed by atoms with Crippen LogP contribution >= 0.6 is 11.6 Å². The minimum atomic E-state index is -0.472. The molecule has 0 saturated carbocycles. The van der Waals surface area contributed by atoms with Crippen LogP contribution in [0.5, 0.6) is 0 Å². The number of esters is 1. The number of nitrogens with two attached hydrogens (primary N) is 1. The van der Waals surface area contributed by atoms with Crippen LogP contribution in [0.15, 0.2) is 36.7 Å². The van der Waals surface area contributed by atoms with Crippen molar-refractivity contribution in [2.45, 2.75) is 6.42 Å². The lowest BCUT2D eigenvalue weighted by atomic mass is 10.1. The van der Waals surface area contributed by atoms with Gasteiger partial charge in [-0.3, -0.25) is 0 Å². The van der Waals surface area contributed by atoms with Crippen LogP contribution in [-0.4, -0.2) is 22.5 Å². The van der Waals surface area contributed by atoms with Gasteiger partial charge in [0.2, 0.25) is 5.28 Å². The van der Waals surface area contributed by atoms with Crippen LogP contribution in [0.25, 0.3) is 0 Å². The summed E-state index contributed by atoms with van der Waals surface area (Å²) < 4.78 is 5.11. The van der Waals surface area contributed by atoms with Crippen molar-refractivity contribution in [3.8, 4) is 0 Å².